The Hall–Kier alpha value is 0.170. The summed E-state index contributed by atoms with van der Waals surface area (Å²) in [6.07, 6.45) is 5.28. The van der Waals surface area contributed by atoms with E-state index in [0.717, 1.165) is 31.0 Å². The van der Waals surface area contributed by atoms with Gasteiger partial charge in [-0.15, -0.1) is 12.4 Å². The number of nitrogens with zero attached hydrogens (tertiary/aromatic N) is 1. The van der Waals surface area contributed by atoms with Crippen molar-refractivity contribution in [3.8, 4) is 0 Å². The molecule has 100 valence electrons. The maximum absolute atomic E-state index is 6.24. The van der Waals surface area contributed by atoms with Crippen molar-refractivity contribution in [1.82, 2.24) is 4.90 Å². The number of hydrogen-bond donors (Lipinski definition) is 1. The summed E-state index contributed by atoms with van der Waals surface area (Å²) >= 11 is 0. The van der Waals surface area contributed by atoms with Crippen molar-refractivity contribution >= 4 is 12.4 Å². The summed E-state index contributed by atoms with van der Waals surface area (Å²) in [4.78, 5) is 2.65. The molecule has 4 atom stereocenters. The van der Waals surface area contributed by atoms with Gasteiger partial charge in [-0.3, -0.25) is 0 Å². The molecule has 4 unspecified atom stereocenters. The second-order valence-corrected chi connectivity index (χ2v) is 5.97. The molecule has 2 saturated heterocycles. The lowest BCUT2D eigenvalue weighted by Crippen LogP contribution is -2.38. The second kappa shape index (κ2) is 5.87. The molecule has 3 nitrogen and oxygen atoms in total. The van der Waals surface area contributed by atoms with Crippen LogP contribution in [0.3, 0.4) is 0 Å². The first-order valence-corrected chi connectivity index (χ1v) is 6.88. The molecule has 0 aromatic carbocycles. The van der Waals surface area contributed by atoms with Crippen LogP contribution in [-0.4, -0.2) is 43.8 Å². The highest BCUT2D eigenvalue weighted by Crippen LogP contribution is 2.36. The van der Waals surface area contributed by atoms with Crippen molar-refractivity contribution in [3.63, 3.8) is 0 Å². The zero-order valence-electron chi connectivity index (χ0n) is 10.5. The van der Waals surface area contributed by atoms with Gasteiger partial charge in [-0.05, 0) is 37.0 Å². The van der Waals surface area contributed by atoms with Crippen molar-refractivity contribution in [3.05, 3.63) is 0 Å². The average Bonchev–Trinajstić information content (AvgIpc) is 2.88. The Bertz CT molecular complexity index is 246. The molecule has 1 aliphatic carbocycles. The van der Waals surface area contributed by atoms with E-state index in [0.29, 0.717) is 6.04 Å². The molecule has 0 aromatic heterocycles. The van der Waals surface area contributed by atoms with Crippen LogP contribution < -0.4 is 5.73 Å². The summed E-state index contributed by atoms with van der Waals surface area (Å²) in [5, 5.41) is 0. The van der Waals surface area contributed by atoms with Crippen molar-refractivity contribution < 1.29 is 4.74 Å². The summed E-state index contributed by atoms with van der Waals surface area (Å²) in [5.41, 5.74) is 6.24. The molecule has 17 heavy (non-hydrogen) atoms. The molecule has 3 aliphatic rings. The number of likely N-dealkylation sites (tertiary alicyclic amines) is 1. The lowest BCUT2D eigenvalue weighted by Gasteiger charge is -2.29. The molecule has 4 heteroatoms. The van der Waals surface area contributed by atoms with Gasteiger partial charge < -0.3 is 15.4 Å². The van der Waals surface area contributed by atoms with E-state index in [1.54, 1.807) is 0 Å². The topological polar surface area (TPSA) is 38.5 Å². The van der Waals surface area contributed by atoms with Gasteiger partial charge in [0.05, 0.1) is 6.61 Å². The SMILES string of the molecule is Cl.NC1CCCC2CN(CC3CCOC3)CC12. The lowest BCUT2D eigenvalue weighted by molar-refractivity contribution is 0.172. The molecule has 1 saturated carbocycles. The van der Waals surface area contributed by atoms with Crippen LogP contribution in [0.25, 0.3) is 0 Å². The predicted octanol–water partition coefficient (Wildman–Crippen LogP) is 1.50. The van der Waals surface area contributed by atoms with Gasteiger partial charge in [0.2, 0.25) is 0 Å². The molecule has 2 heterocycles. The predicted molar refractivity (Wildman–Crippen MR) is 71.4 cm³/mol. The van der Waals surface area contributed by atoms with Crippen LogP contribution in [0.5, 0.6) is 0 Å². The van der Waals surface area contributed by atoms with Crippen LogP contribution in [0.1, 0.15) is 25.7 Å². The Morgan fingerprint density at radius 2 is 2.06 bits per heavy atom. The number of halogens is 1. The third-order valence-electron chi connectivity index (χ3n) is 4.77. The van der Waals surface area contributed by atoms with Crippen molar-refractivity contribution in [2.75, 3.05) is 32.8 Å². The second-order valence-electron chi connectivity index (χ2n) is 5.97. The smallest absolute Gasteiger partial charge is 0.0507 e. The van der Waals surface area contributed by atoms with Crippen LogP contribution in [0.15, 0.2) is 0 Å². The van der Waals surface area contributed by atoms with Gasteiger partial charge >= 0.3 is 0 Å². The van der Waals surface area contributed by atoms with Gasteiger partial charge in [0, 0.05) is 32.3 Å². The van der Waals surface area contributed by atoms with E-state index in [2.05, 4.69) is 4.90 Å². The molecule has 0 radical (unpaired) electrons. The first-order valence-electron chi connectivity index (χ1n) is 6.88. The molecular formula is C13H25ClN2O. The van der Waals surface area contributed by atoms with Crippen LogP contribution >= 0.6 is 12.4 Å². The van der Waals surface area contributed by atoms with E-state index in [4.69, 9.17) is 10.5 Å². The Morgan fingerprint density at radius 3 is 2.76 bits per heavy atom. The van der Waals surface area contributed by atoms with Gasteiger partial charge in [0.15, 0.2) is 0 Å². The zero-order valence-corrected chi connectivity index (χ0v) is 11.3. The molecule has 3 rings (SSSR count). The van der Waals surface area contributed by atoms with Gasteiger partial charge in [-0.2, -0.15) is 0 Å². The summed E-state index contributed by atoms with van der Waals surface area (Å²) in [5.74, 6) is 2.47. The molecule has 3 fully saturated rings. The number of hydrogen-bond acceptors (Lipinski definition) is 3. The molecular weight excluding hydrogens is 236 g/mol. The largest absolute Gasteiger partial charge is 0.381 e. The van der Waals surface area contributed by atoms with Gasteiger partial charge in [-0.25, -0.2) is 0 Å². The highest BCUT2D eigenvalue weighted by atomic mass is 35.5. The summed E-state index contributed by atoms with van der Waals surface area (Å²) < 4.78 is 5.46. The van der Waals surface area contributed by atoms with Crippen LogP contribution in [0.2, 0.25) is 0 Å². The Morgan fingerprint density at radius 1 is 1.18 bits per heavy atom. The summed E-state index contributed by atoms with van der Waals surface area (Å²) in [6, 6.07) is 0.476. The maximum Gasteiger partial charge on any atom is 0.0507 e. The summed E-state index contributed by atoms with van der Waals surface area (Å²) in [7, 11) is 0. The van der Waals surface area contributed by atoms with E-state index in [9.17, 15) is 0 Å². The van der Waals surface area contributed by atoms with Crippen molar-refractivity contribution in [2.45, 2.75) is 31.7 Å². The third kappa shape index (κ3) is 2.95. The van der Waals surface area contributed by atoms with E-state index >= 15 is 0 Å². The van der Waals surface area contributed by atoms with E-state index < -0.39 is 0 Å². The van der Waals surface area contributed by atoms with Crippen LogP contribution in [0, 0.1) is 17.8 Å². The molecule has 0 spiro atoms. The average molecular weight is 261 g/mol. The molecule has 0 amide bonds. The Labute approximate surface area is 110 Å². The van der Waals surface area contributed by atoms with Gasteiger partial charge in [0.1, 0.15) is 0 Å². The molecule has 0 aromatic rings. The van der Waals surface area contributed by atoms with Gasteiger partial charge in [-0.1, -0.05) is 6.42 Å². The highest BCUT2D eigenvalue weighted by molar-refractivity contribution is 5.85. The first-order chi connectivity index (χ1) is 7.83. The normalized spacial score (nSPS) is 42.2. The van der Waals surface area contributed by atoms with Gasteiger partial charge in [0.25, 0.3) is 0 Å². The minimum absolute atomic E-state index is 0. The fourth-order valence-electron chi connectivity index (χ4n) is 3.85. The zero-order chi connectivity index (χ0) is 11.0. The lowest BCUT2D eigenvalue weighted by atomic mass is 9.78. The number of rotatable bonds is 2. The third-order valence-corrected chi connectivity index (χ3v) is 4.77. The number of fused-ring (bicyclic) bond motifs is 1. The van der Waals surface area contributed by atoms with E-state index in [1.807, 2.05) is 0 Å². The molecule has 2 N–H and O–H groups in total. The monoisotopic (exact) mass is 260 g/mol. The van der Waals surface area contributed by atoms with Crippen molar-refractivity contribution in [1.29, 1.82) is 0 Å². The fraction of sp³-hybridized carbons (Fsp3) is 1.00. The highest BCUT2D eigenvalue weighted by Gasteiger charge is 2.39. The minimum Gasteiger partial charge on any atom is -0.381 e. The maximum atomic E-state index is 6.24. The van der Waals surface area contributed by atoms with Crippen LogP contribution in [-0.2, 0) is 4.74 Å². The molecule has 2 aliphatic heterocycles. The number of ether oxygens (including phenoxy) is 1. The quantitative estimate of drug-likeness (QED) is 0.818. The number of nitrogens with two attached hydrogens (primary N) is 1. The van der Waals surface area contributed by atoms with E-state index in [1.165, 1.54) is 45.3 Å². The Balaban J connectivity index is 0.00000108. The van der Waals surface area contributed by atoms with E-state index in [-0.39, 0.29) is 12.4 Å². The van der Waals surface area contributed by atoms with Crippen molar-refractivity contribution in [2.24, 2.45) is 23.5 Å². The van der Waals surface area contributed by atoms with Crippen LogP contribution in [0.4, 0.5) is 0 Å². The molecule has 0 bridgehead atoms. The Kier molecular flexibility index (Phi) is 4.70. The fourth-order valence-corrected chi connectivity index (χ4v) is 3.85. The first kappa shape index (κ1) is 13.6. The minimum atomic E-state index is 0. The standard InChI is InChI=1S/C13H24N2O.ClH/c14-13-3-1-2-11-7-15(8-12(11)13)6-10-4-5-16-9-10;/h10-13H,1-9,14H2;1H. The summed E-state index contributed by atoms with van der Waals surface area (Å²) in [6.45, 7) is 5.76.